The summed E-state index contributed by atoms with van der Waals surface area (Å²) in [5.74, 6) is 0.645. The van der Waals surface area contributed by atoms with E-state index in [1.54, 1.807) is 0 Å². The van der Waals surface area contributed by atoms with Gasteiger partial charge in [-0.3, -0.25) is 0 Å². The second-order valence-corrected chi connectivity index (χ2v) is 5.75. The fourth-order valence-electron chi connectivity index (χ4n) is 2.62. The minimum absolute atomic E-state index is 0.207. The molecule has 3 nitrogen and oxygen atoms in total. The van der Waals surface area contributed by atoms with E-state index >= 15 is 0 Å². The number of thiophene rings is 1. The van der Waals surface area contributed by atoms with Crippen molar-refractivity contribution in [2.75, 3.05) is 13.7 Å². The van der Waals surface area contributed by atoms with Gasteiger partial charge in [-0.05, 0) is 40.8 Å². The quantitative estimate of drug-likeness (QED) is 0.823. The lowest BCUT2D eigenvalue weighted by Gasteiger charge is -2.03. The predicted molar refractivity (Wildman–Crippen MR) is 64.7 cm³/mol. The van der Waals surface area contributed by atoms with Crippen molar-refractivity contribution in [1.29, 1.82) is 0 Å². The van der Waals surface area contributed by atoms with Crippen LogP contribution in [0.5, 0.6) is 0 Å². The van der Waals surface area contributed by atoms with Crippen molar-refractivity contribution in [2.24, 2.45) is 17.1 Å². The maximum atomic E-state index is 11.6. The Kier molecular flexibility index (Phi) is 2.80. The molecule has 16 heavy (non-hydrogen) atoms. The highest BCUT2D eigenvalue weighted by molar-refractivity contribution is 7.12. The molecule has 0 bridgehead atoms. The summed E-state index contributed by atoms with van der Waals surface area (Å²) in [7, 11) is 1.42. The van der Waals surface area contributed by atoms with Crippen molar-refractivity contribution >= 4 is 17.3 Å². The molecule has 0 spiro atoms. The molecule has 88 valence electrons. The molecule has 2 rings (SSSR count). The van der Waals surface area contributed by atoms with Crippen molar-refractivity contribution in [2.45, 2.75) is 19.8 Å². The number of ether oxygens (including phenoxy) is 1. The van der Waals surface area contributed by atoms with E-state index in [0.717, 1.165) is 10.4 Å². The second kappa shape index (κ2) is 3.86. The summed E-state index contributed by atoms with van der Waals surface area (Å²) < 4.78 is 4.79. The molecule has 1 heterocycles. The zero-order valence-electron chi connectivity index (χ0n) is 9.82. The molecule has 2 unspecified atom stereocenters. The van der Waals surface area contributed by atoms with Crippen LogP contribution in [0.15, 0.2) is 11.4 Å². The Hall–Kier alpha value is -0.870. The van der Waals surface area contributed by atoms with Crippen LogP contribution in [0, 0.1) is 11.3 Å². The van der Waals surface area contributed by atoms with Crippen LogP contribution in [0.25, 0.3) is 0 Å². The minimum Gasteiger partial charge on any atom is -0.465 e. The summed E-state index contributed by atoms with van der Waals surface area (Å²) in [6.45, 7) is 5.08. The first-order valence-corrected chi connectivity index (χ1v) is 6.27. The molecule has 0 aliphatic heterocycles. The van der Waals surface area contributed by atoms with Gasteiger partial charge >= 0.3 is 5.97 Å². The molecule has 1 fully saturated rings. The standard InChI is InChI=1S/C12H17NO2S/c1-12(2)8(6-13)9(12)7-4-5-16-10(7)11(14)15-3/h4-5,8-9H,6,13H2,1-3H3. The zero-order valence-corrected chi connectivity index (χ0v) is 10.6. The van der Waals surface area contributed by atoms with E-state index < -0.39 is 0 Å². The van der Waals surface area contributed by atoms with Gasteiger partial charge in [-0.1, -0.05) is 13.8 Å². The summed E-state index contributed by atoms with van der Waals surface area (Å²) in [5, 5.41) is 1.95. The number of hydrogen-bond acceptors (Lipinski definition) is 4. The van der Waals surface area contributed by atoms with Gasteiger partial charge in [0.25, 0.3) is 0 Å². The molecule has 1 aliphatic rings. The van der Waals surface area contributed by atoms with Crippen LogP contribution in [0.1, 0.15) is 35.0 Å². The molecular formula is C12H17NO2S. The minimum atomic E-state index is -0.233. The maximum absolute atomic E-state index is 11.6. The van der Waals surface area contributed by atoms with Gasteiger partial charge < -0.3 is 10.5 Å². The van der Waals surface area contributed by atoms with Gasteiger partial charge in [-0.25, -0.2) is 4.79 Å². The van der Waals surface area contributed by atoms with E-state index in [1.165, 1.54) is 18.4 Å². The summed E-state index contributed by atoms with van der Waals surface area (Å²) in [4.78, 5) is 12.3. The molecule has 1 aliphatic carbocycles. The Morgan fingerprint density at radius 2 is 2.31 bits per heavy atom. The summed E-state index contributed by atoms with van der Waals surface area (Å²) in [6, 6.07) is 2.03. The molecule has 4 heteroatoms. The molecule has 0 amide bonds. The van der Waals surface area contributed by atoms with E-state index in [9.17, 15) is 4.79 Å². The molecule has 0 radical (unpaired) electrons. The molecule has 0 saturated heterocycles. The van der Waals surface area contributed by atoms with Crippen molar-refractivity contribution in [3.63, 3.8) is 0 Å². The van der Waals surface area contributed by atoms with E-state index in [1.807, 2.05) is 11.4 Å². The van der Waals surface area contributed by atoms with E-state index in [-0.39, 0.29) is 11.4 Å². The third-order valence-electron chi connectivity index (χ3n) is 3.71. The average molecular weight is 239 g/mol. The number of carbonyl (C=O) groups is 1. The van der Waals surface area contributed by atoms with Gasteiger partial charge in [-0.2, -0.15) is 0 Å². The van der Waals surface area contributed by atoms with Gasteiger partial charge in [0.1, 0.15) is 4.88 Å². The Balaban J connectivity index is 2.30. The normalized spacial score (nSPS) is 26.5. The molecular weight excluding hydrogens is 222 g/mol. The SMILES string of the molecule is COC(=O)c1sccc1C1C(CN)C1(C)C. The first-order valence-electron chi connectivity index (χ1n) is 5.39. The lowest BCUT2D eigenvalue weighted by molar-refractivity contribution is 0.0605. The number of nitrogens with two attached hydrogens (primary N) is 1. The Bertz CT molecular complexity index is 411. The van der Waals surface area contributed by atoms with Crippen LogP contribution in [0.4, 0.5) is 0 Å². The van der Waals surface area contributed by atoms with Crippen LogP contribution in [0.2, 0.25) is 0 Å². The first kappa shape index (κ1) is 11.6. The predicted octanol–water partition coefficient (Wildman–Crippen LogP) is 2.23. The molecule has 2 atom stereocenters. The molecule has 1 aromatic heterocycles. The van der Waals surface area contributed by atoms with Crippen molar-refractivity contribution in [1.82, 2.24) is 0 Å². The van der Waals surface area contributed by atoms with Crippen LogP contribution < -0.4 is 5.73 Å². The first-order chi connectivity index (χ1) is 7.54. The highest BCUT2D eigenvalue weighted by atomic mass is 32.1. The van der Waals surface area contributed by atoms with Crippen LogP contribution >= 0.6 is 11.3 Å². The van der Waals surface area contributed by atoms with Gasteiger partial charge in [-0.15, -0.1) is 11.3 Å². The fourth-order valence-corrected chi connectivity index (χ4v) is 3.49. The van der Waals surface area contributed by atoms with Gasteiger partial charge in [0.15, 0.2) is 0 Å². The van der Waals surface area contributed by atoms with Gasteiger partial charge in [0, 0.05) is 0 Å². The summed E-state index contributed by atoms with van der Waals surface area (Å²) >= 11 is 1.45. The number of hydrogen-bond donors (Lipinski definition) is 1. The summed E-state index contributed by atoms with van der Waals surface area (Å²) in [5.41, 5.74) is 7.07. The number of rotatable bonds is 3. The molecule has 0 aromatic carbocycles. The summed E-state index contributed by atoms with van der Waals surface area (Å²) in [6.07, 6.45) is 0. The molecule has 1 aromatic rings. The second-order valence-electron chi connectivity index (χ2n) is 4.84. The lowest BCUT2D eigenvalue weighted by atomic mass is 10.0. The largest absolute Gasteiger partial charge is 0.465 e. The maximum Gasteiger partial charge on any atom is 0.348 e. The number of carbonyl (C=O) groups excluding carboxylic acids is 1. The molecule has 1 saturated carbocycles. The Morgan fingerprint density at radius 1 is 1.62 bits per heavy atom. The van der Waals surface area contributed by atoms with E-state index in [4.69, 9.17) is 10.5 Å². The van der Waals surface area contributed by atoms with Crippen LogP contribution in [-0.2, 0) is 4.74 Å². The Morgan fingerprint density at radius 3 is 2.81 bits per heavy atom. The van der Waals surface area contributed by atoms with Crippen molar-refractivity contribution in [3.8, 4) is 0 Å². The van der Waals surface area contributed by atoms with Gasteiger partial charge in [0.2, 0.25) is 0 Å². The monoisotopic (exact) mass is 239 g/mol. The third kappa shape index (κ3) is 1.57. The van der Waals surface area contributed by atoms with E-state index in [0.29, 0.717) is 18.4 Å². The number of esters is 1. The highest BCUT2D eigenvalue weighted by Crippen LogP contribution is 2.64. The van der Waals surface area contributed by atoms with E-state index in [2.05, 4.69) is 13.8 Å². The van der Waals surface area contributed by atoms with Crippen LogP contribution in [-0.4, -0.2) is 19.6 Å². The Labute approximate surface area is 99.6 Å². The average Bonchev–Trinajstić information content (AvgIpc) is 2.66. The van der Waals surface area contributed by atoms with Crippen molar-refractivity contribution in [3.05, 3.63) is 21.9 Å². The number of methoxy groups -OCH3 is 1. The fraction of sp³-hybridized carbons (Fsp3) is 0.583. The lowest BCUT2D eigenvalue weighted by Crippen LogP contribution is -2.05. The van der Waals surface area contributed by atoms with Crippen LogP contribution in [0.3, 0.4) is 0 Å². The smallest absolute Gasteiger partial charge is 0.348 e. The van der Waals surface area contributed by atoms with Crippen molar-refractivity contribution < 1.29 is 9.53 Å². The van der Waals surface area contributed by atoms with Gasteiger partial charge in [0.05, 0.1) is 7.11 Å². The molecule has 2 N–H and O–H groups in total. The topological polar surface area (TPSA) is 52.3 Å². The highest BCUT2D eigenvalue weighted by Gasteiger charge is 2.58. The zero-order chi connectivity index (χ0) is 11.9. The third-order valence-corrected chi connectivity index (χ3v) is 4.62.